The third-order valence-corrected chi connectivity index (χ3v) is 1.13. The van der Waals surface area contributed by atoms with Gasteiger partial charge in [-0.2, -0.15) is 0 Å². The van der Waals surface area contributed by atoms with Gasteiger partial charge in [-0.05, 0) is 0 Å². The highest BCUT2D eigenvalue weighted by Crippen LogP contribution is 1.84. The van der Waals surface area contributed by atoms with Gasteiger partial charge in [-0.15, -0.1) is 23.2 Å². The zero-order valence-electron chi connectivity index (χ0n) is 6.72. The summed E-state index contributed by atoms with van der Waals surface area (Å²) in [7, 11) is 0. The Morgan fingerprint density at radius 1 is 1.00 bits per heavy atom. The van der Waals surface area contributed by atoms with Crippen LogP contribution >= 0.6 is 23.2 Å². The van der Waals surface area contributed by atoms with Crippen molar-refractivity contribution in [1.29, 1.82) is 0 Å². The quantitative estimate of drug-likeness (QED) is 0.740. The van der Waals surface area contributed by atoms with E-state index in [0.717, 1.165) is 0 Å². The first kappa shape index (κ1) is 12.3. The van der Waals surface area contributed by atoms with E-state index in [-0.39, 0.29) is 25.0 Å². The minimum Gasteiger partial charge on any atom is -0.448 e. The summed E-state index contributed by atoms with van der Waals surface area (Å²) in [4.78, 5) is 21.3. The molecule has 2 amide bonds. The van der Waals surface area contributed by atoms with Gasteiger partial charge in [0.2, 0.25) is 0 Å². The number of alkyl carbamates (subject to hydrolysis) is 2. The molecule has 0 spiro atoms. The summed E-state index contributed by atoms with van der Waals surface area (Å²) in [5, 5.41) is 1.81. The van der Waals surface area contributed by atoms with E-state index in [4.69, 9.17) is 23.2 Å². The monoisotopic (exact) mass is 229 g/mol. The molecule has 1 N–H and O–H groups in total. The maximum atomic E-state index is 10.6. The number of amides is 2. The number of carbonyl (C=O) groups is 2. The normalized spacial score (nSPS) is 9.08. The van der Waals surface area contributed by atoms with Crippen LogP contribution in [0.1, 0.15) is 0 Å². The molecule has 0 radical (unpaired) electrons. The molecule has 7 heteroatoms. The fraction of sp³-hybridized carbons (Fsp3) is 0.667. The van der Waals surface area contributed by atoms with Gasteiger partial charge < -0.3 is 9.47 Å². The van der Waals surface area contributed by atoms with Crippen LogP contribution in [0.4, 0.5) is 9.59 Å². The molecule has 0 saturated heterocycles. The van der Waals surface area contributed by atoms with Gasteiger partial charge in [-0.3, -0.25) is 0 Å². The standard InChI is InChI=1S/C6H9Cl2NO4/c7-1-3-12-5(10)9-6(11)13-4-2-8/h1-4H2,(H,9,10,11). The number of imide groups is 1. The van der Waals surface area contributed by atoms with E-state index in [0.29, 0.717) is 0 Å². The van der Waals surface area contributed by atoms with E-state index in [1.807, 2.05) is 5.32 Å². The van der Waals surface area contributed by atoms with Crippen LogP contribution in [-0.2, 0) is 9.47 Å². The van der Waals surface area contributed by atoms with Crippen LogP contribution in [0.25, 0.3) is 0 Å². The molecule has 0 saturated carbocycles. The molecular formula is C6H9Cl2NO4. The second-order valence-corrected chi connectivity index (χ2v) is 2.53. The summed E-state index contributed by atoms with van der Waals surface area (Å²) in [6.45, 7) is 0.0757. The number of halogens is 2. The summed E-state index contributed by atoms with van der Waals surface area (Å²) >= 11 is 10.5. The Morgan fingerprint density at radius 2 is 1.38 bits per heavy atom. The molecule has 0 aromatic carbocycles. The maximum absolute atomic E-state index is 10.6. The molecule has 0 aromatic heterocycles. The molecule has 0 bridgehead atoms. The Bertz CT molecular complexity index is 158. The number of carbonyl (C=O) groups excluding carboxylic acids is 2. The highest BCUT2D eigenvalue weighted by atomic mass is 35.5. The molecule has 5 nitrogen and oxygen atoms in total. The number of hydrogen-bond acceptors (Lipinski definition) is 4. The molecule has 0 aromatic rings. The number of rotatable bonds is 4. The van der Waals surface area contributed by atoms with Crippen LogP contribution in [0.3, 0.4) is 0 Å². The van der Waals surface area contributed by atoms with Gasteiger partial charge in [0, 0.05) is 0 Å². The van der Waals surface area contributed by atoms with Crippen molar-refractivity contribution in [3.05, 3.63) is 0 Å². The fourth-order valence-electron chi connectivity index (χ4n) is 0.418. The van der Waals surface area contributed by atoms with E-state index < -0.39 is 12.2 Å². The van der Waals surface area contributed by atoms with Gasteiger partial charge >= 0.3 is 12.2 Å². The lowest BCUT2D eigenvalue weighted by atomic mass is 10.8. The van der Waals surface area contributed by atoms with Crippen molar-refractivity contribution in [2.75, 3.05) is 25.0 Å². The smallest absolute Gasteiger partial charge is 0.416 e. The highest BCUT2D eigenvalue weighted by Gasteiger charge is 2.08. The lowest BCUT2D eigenvalue weighted by Crippen LogP contribution is -2.32. The number of nitrogens with one attached hydrogen (secondary N) is 1. The van der Waals surface area contributed by atoms with Crippen LogP contribution in [0, 0.1) is 0 Å². The summed E-state index contributed by atoms with van der Waals surface area (Å²) in [6, 6.07) is 0. The maximum Gasteiger partial charge on any atom is 0.416 e. The van der Waals surface area contributed by atoms with Crippen LogP contribution < -0.4 is 5.32 Å². The SMILES string of the molecule is O=C(NC(=O)OCCCl)OCCCl. The molecule has 0 rings (SSSR count). The minimum atomic E-state index is -0.889. The Balaban J connectivity index is 3.47. The summed E-state index contributed by atoms with van der Waals surface area (Å²) < 4.78 is 8.85. The summed E-state index contributed by atoms with van der Waals surface area (Å²) in [5.74, 6) is 0.342. The van der Waals surface area contributed by atoms with Crippen LogP contribution in [-0.4, -0.2) is 37.2 Å². The summed E-state index contributed by atoms with van der Waals surface area (Å²) in [6.07, 6.45) is -1.78. The predicted molar refractivity (Wildman–Crippen MR) is 47.3 cm³/mol. The van der Waals surface area contributed by atoms with Crippen LogP contribution in [0.2, 0.25) is 0 Å². The highest BCUT2D eigenvalue weighted by molar-refractivity contribution is 6.18. The van der Waals surface area contributed by atoms with Crippen molar-refractivity contribution >= 4 is 35.4 Å². The van der Waals surface area contributed by atoms with Crippen LogP contribution in [0.15, 0.2) is 0 Å². The van der Waals surface area contributed by atoms with E-state index in [2.05, 4.69) is 9.47 Å². The van der Waals surface area contributed by atoms with Gasteiger partial charge in [0.05, 0.1) is 11.8 Å². The minimum absolute atomic E-state index is 0.0379. The van der Waals surface area contributed by atoms with E-state index in [9.17, 15) is 9.59 Å². The van der Waals surface area contributed by atoms with Gasteiger partial charge in [0.25, 0.3) is 0 Å². The van der Waals surface area contributed by atoms with E-state index >= 15 is 0 Å². The van der Waals surface area contributed by atoms with E-state index in [1.165, 1.54) is 0 Å². The van der Waals surface area contributed by atoms with Crippen molar-refractivity contribution in [2.24, 2.45) is 0 Å². The zero-order valence-corrected chi connectivity index (χ0v) is 8.23. The molecule has 0 aliphatic carbocycles. The third-order valence-electron chi connectivity index (χ3n) is 0.825. The molecule has 0 aliphatic heterocycles. The zero-order chi connectivity index (χ0) is 10.1. The molecule has 0 unspecified atom stereocenters. The number of hydrogen-bond donors (Lipinski definition) is 1. The Hall–Kier alpha value is -0.680. The van der Waals surface area contributed by atoms with Crippen molar-refractivity contribution in [1.82, 2.24) is 5.32 Å². The topological polar surface area (TPSA) is 64.6 Å². The molecule has 0 heterocycles. The van der Waals surface area contributed by atoms with Crippen molar-refractivity contribution in [3.63, 3.8) is 0 Å². The average Bonchev–Trinajstić information content (AvgIpc) is 2.11. The first-order valence-corrected chi connectivity index (χ1v) is 4.50. The average molecular weight is 230 g/mol. The Labute approximate surface area is 85.3 Å². The van der Waals surface area contributed by atoms with E-state index in [1.54, 1.807) is 0 Å². The predicted octanol–water partition coefficient (Wildman–Crippen LogP) is 1.33. The summed E-state index contributed by atoms with van der Waals surface area (Å²) in [5.41, 5.74) is 0. The first-order valence-electron chi connectivity index (χ1n) is 3.43. The molecule has 13 heavy (non-hydrogen) atoms. The van der Waals surface area contributed by atoms with Crippen molar-refractivity contribution in [2.45, 2.75) is 0 Å². The second kappa shape index (κ2) is 7.94. The first-order chi connectivity index (χ1) is 6.20. The Kier molecular flexibility index (Phi) is 7.53. The van der Waals surface area contributed by atoms with Gasteiger partial charge in [0.1, 0.15) is 13.2 Å². The molecule has 0 aliphatic rings. The van der Waals surface area contributed by atoms with Crippen molar-refractivity contribution in [3.8, 4) is 0 Å². The van der Waals surface area contributed by atoms with Gasteiger partial charge in [-0.25, -0.2) is 14.9 Å². The largest absolute Gasteiger partial charge is 0.448 e. The number of ether oxygens (including phenoxy) is 2. The molecule has 0 atom stereocenters. The Morgan fingerprint density at radius 3 is 1.69 bits per heavy atom. The van der Waals surface area contributed by atoms with Gasteiger partial charge in [-0.1, -0.05) is 0 Å². The van der Waals surface area contributed by atoms with Crippen molar-refractivity contribution < 1.29 is 19.1 Å². The number of alkyl halides is 2. The second-order valence-electron chi connectivity index (χ2n) is 1.77. The lowest BCUT2D eigenvalue weighted by molar-refractivity contribution is 0.131. The molecule has 76 valence electrons. The third kappa shape index (κ3) is 7.67. The lowest BCUT2D eigenvalue weighted by Gasteiger charge is -2.04. The fourth-order valence-corrected chi connectivity index (χ4v) is 0.572. The molecule has 0 fully saturated rings. The van der Waals surface area contributed by atoms with Crippen LogP contribution in [0.5, 0.6) is 0 Å². The molecular weight excluding hydrogens is 221 g/mol. The van der Waals surface area contributed by atoms with Gasteiger partial charge in [0.15, 0.2) is 0 Å².